The molecule has 0 aromatic heterocycles. The Balaban J connectivity index is 2.13. The van der Waals surface area contributed by atoms with Gasteiger partial charge in [-0.3, -0.25) is 0 Å². The van der Waals surface area contributed by atoms with Crippen LogP contribution in [0.4, 0.5) is 0 Å². The average molecular weight is 603 g/mol. The molecule has 0 fully saturated rings. The zero-order valence-electron chi connectivity index (χ0n) is 28.7. The second-order valence-electron chi connectivity index (χ2n) is 12.4. The molecule has 0 radical (unpaired) electrons. The average Bonchev–Trinajstić information content (AvgIpc) is 3.00. The lowest BCUT2D eigenvalue weighted by atomic mass is 9.86. The van der Waals surface area contributed by atoms with E-state index < -0.39 is 0 Å². The third-order valence-electron chi connectivity index (χ3n) is 8.68. The molecular weight excluding hydrogens is 552 g/mol. The third-order valence-corrected chi connectivity index (χ3v) is 8.68. The maximum absolute atomic E-state index is 6.29. The number of fused-ring (bicyclic) bond motifs is 2. The fourth-order valence-electron chi connectivity index (χ4n) is 6.48. The standard InChI is InChI=1S/C38H50O6/c1-21(2)13-15-25-27-17-23(5)33(37(43-11)29(27)19-31(39-7)35(25)41-9)34-24(6)18-28-26(16-14-22(3)4)36(42-10)32(40-8)20-30(28)38(34)44-12/h17-22H,13-16H2,1-12H3. The Bertz CT molecular complexity index is 1530. The van der Waals surface area contributed by atoms with E-state index in [1.807, 2.05) is 12.1 Å². The smallest absolute Gasteiger partial charge is 0.164 e. The fourth-order valence-corrected chi connectivity index (χ4v) is 6.48. The molecule has 0 aliphatic heterocycles. The Hall–Kier alpha value is -3.80. The summed E-state index contributed by atoms with van der Waals surface area (Å²) in [4.78, 5) is 0. The highest BCUT2D eigenvalue weighted by molar-refractivity contribution is 6.06. The van der Waals surface area contributed by atoms with Crippen molar-refractivity contribution in [2.75, 3.05) is 42.7 Å². The van der Waals surface area contributed by atoms with Crippen LogP contribution in [-0.2, 0) is 12.8 Å². The number of benzene rings is 4. The predicted molar refractivity (Wildman–Crippen MR) is 182 cm³/mol. The molecule has 238 valence electrons. The largest absolute Gasteiger partial charge is 0.495 e. The summed E-state index contributed by atoms with van der Waals surface area (Å²) in [5, 5.41) is 4.19. The van der Waals surface area contributed by atoms with Crippen molar-refractivity contribution >= 4 is 21.5 Å². The highest BCUT2D eigenvalue weighted by Gasteiger charge is 2.27. The van der Waals surface area contributed by atoms with E-state index in [0.29, 0.717) is 23.3 Å². The van der Waals surface area contributed by atoms with E-state index in [1.54, 1.807) is 42.7 Å². The monoisotopic (exact) mass is 602 g/mol. The second kappa shape index (κ2) is 13.9. The lowest BCUT2D eigenvalue weighted by Crippen LogP contribution is -2.04. The van der Waals surface area contributed by atoms with Crippen molar-refractivity contribution in [2.45, 2.75) is 67.2 Å². The van der Waals surface area contributed by atoms with E-state index in [9.17, 15) is 0 Å². The molecule has 0 unspecified atom stereocenters. The minimum absolute atomic E-state index is 0.550. The molecule has 4 aromatic carbocycles. The van der Waals surface area contributed by atoms with Gasteiger partial charge in [0.1, 0.15) is 11.5 Å². The maximum atomic E-state index is 6.29. The molecule has 0 aliphatic carbocycles. The normalized spacial score (nSPS) is 11.5. The predicted octanol–water partition coefficient (Wildman–Crippen LogP) is 9.51. The van der Waals surface area contributed by atoms with Crippen LogP contribution >= 0.6 is 0 Å². The summed E-state index contributed by atoms with van der Waals surface area (Å²) in [6, 6.07) is 8.60. The van der Waals surface area contributed by atoms with Crippen molar-refractivity contribution in [1.82, 2.24) is 0 Å². The number of methoxy groups -OCH3 is 6. The SMILES string of the molecule is COc1cc2c(OC)c(-c3c(C)cc4c(CCC(C)C)c(OC)c(OC)cc4c3OC)c(C)cc2c(CCC(C)C)c1OC. The van der Waals surface area contributed by atoms with Gasteiger partial charge in [-0.15, -0.1) is 0 Å². The number of rotatable bonds is 13. The molecule has 4 rings (SSSR count). The first-order valence-corrected chi connectivity index (χ1v) is 15.6. The quantitative estimate of drug-likeness (QED) is 0.152. The van der Waals surface area contributed by atoms with E-state index in [4.69, 9.17) is 28.4 Å². The maximum Gasteiger partial charge on any atom is 0.164 e. The van der Waals surface area contributed by atoms with Crippen LogP contribution in [0.15, 0.2) is 24.3 Å². The molecule has 6 nitrogen and oxygen atoms in total. The van der Waals surface area contributed by atoms with Gasteiger partial charge in [0.15, 0.2) is 23.0 Å². The Kier molecular flexibility index (Phi) is 10.4. The van der Waals surface area contributed by atoms with Crippen molar-refractivity contribution in [3.63, 3.8) is 0 Å². The Labute approximate surface area is 263 Å². The van der Waals surface area contributed by atoms with E-state index >= 15 is 0 Å². The lowest BCUT2D eigenvalue weighted by Gasteiger charge is -2.24. The molecular formula is C38H50O6. The molecule has 6 heteroatoms. The van der Waals surface area contributed by atoms with Crippen LogP contribution in [0.25, 0.3) is 32.7 Å². The van der Waals surface area contributed by atoms with Gasteiger partial charge < -0.3 is 28.4 Å². The Morgan fingerprint density at radius 2 is 0.795 bits per heavy atom. The van der Waals surface area contributed by atoms with E-state index in [-0.39, 0.29) is 0 Å². The lowest BCUT2D eigenvalue weighted by molar-refractivity contribution is 0.351. The van der Waals surface area contributed by atoms with Gasteiger partial charge >= 0.3 is 0 Å². The molecule has 0 spiro atoms. The summed E-state index contributed by atoms with van der Waals surface area (Å²) in [7, 11) is 10.3. The van der Waals surface area contributed by atoms with Crippen LogP contribution in [0.1, 0.15) is 62.8 Å². The Morgan fingerprint density at radius 1 is 0.455 bits per heavy atom. The number of ether oxygens (including phenoxy) is 6. The molecule has 0 N–H and O–H groups in total. The summed E-state index contributed by atoms with van der Waals surface area (Å²) in [5.74, 6) is 5.62. The van der Waals surface area contributed by atoms with Gasteiger partial charge in [-0.25, -0.2) is 0 Å². The van der Waals surface area contributed by atoms with Gasteiger partial charge in [-0.05, 0) is 85.4 Å². The first-order valence-electron chi connectivity index (χ1n) is 15.6. The van der Waals surface area contributed by atoms with Gasteiger partial charge in [0, 0.05) is 33.0 Å². The summed E-state index contributed by atoms with van der Waals surface area (Å²) < 4.78 is 36.1. The first-order chi connectivity index (χ1) is 21.1. The van der Waals surface area contributed by atoms with Crippen molar-refractivity contribution in [1.29, 1.82) is 0 Å². The highest BCUT2D eigenvalue weighted by Crippen LogP contribution is 2.52. The fraction of sp³-hybridized carbons (Fsp3) is 0.474. The topological polar surface area (TPSA) is 55.4 Å². The van der Waals surface area contributed by atoms with Gasteiger partial charge in [0.2, 0.25) is 0 Å². The van der Waals surface area contributed by atoms with Crippen molar-refractivity contribution in [2.24, 2.45) is 11.8 Å². The van der Waals surface area contributed by atoms with Crippen LogP contribution in [0.3, 0.4) is 0 Å². The molecule has 0 saturated carbocycles. The van der Waals surface area contributed by atoms with Crippen molar-refractivity contribution in [3.8, 4) is 45.6 Å². The minimum Gasteiger partial charge on any atom is -0.495 e. The van der Waals surface area contributed by atoms with Crippen LogP contribution in [-0.4, -0.2) is 42.7 Å². The molecule has 0 aliphatic rings. The second-order valence-corrected chi connectivity index (χ2v) is 12.4. The van der Waals surface area contributed by atoms with Gasteiger partial charge in [-0.1, -0.05) is 39.8 Å². The van der Waals surface area contributed by atoms with Crippen LogP contribution < -0.4 is 28.4 Å². The summed E-state index contributed by atoms with van der Waals surface area (Å²) in [5.41, 5.74) is 6.45. The molecule has 0 amide bonds. The molecule has 0 atom stereocenters. The molecule has 0 saturated heterocycles. The summed E-state index contributed by atoms with van der Waals surface area (Å²) >= 11 is 0. The Morgan fingerprint density at radius 3 is 1.07 bits per heavy atom. The summed E-state index contributed by atoms with van der Waals surface area (Å²) in [6.45, 7) is 13.3. The third kappa shape index (κ3) is 5.96. The zero-order valence-corrected chi connectivity index (χ0v) is 28.7. The van der Waals surface area contributed by atoms with Crippen molar-refractivity contribution in [3.05, 3.63) is 46.5 Å². The van der Waals surface area contributed by atoms with Crippen molar-refractivity contribution < 1.29 is 28.4 Å². The van der Waals surface area contributed by atoms with E-state index in [0.717, 1.165) is 104 Å². The molecule has 0 heterocycles. The minimum atomic E-state index is 0.550. The van der Waals surface area contributed by atoms with E-state index in [1.165, 1.54) is 0 Å². The van der Waals surface area contributed by atoms with E-state index in [2.05, 4.69) is 53.7 Å². The van der Waals surface area contributed by atoms with Gasteiger partial charge in [0.05, 0.1) is 42.7 Å². The van der Waals surface area contributed by atoms with Crippen LogP contribution in [0.2, 0.25) is 0 Å². The summed E-state index contributed by atoms with van der Waals surface area (Å²) in [6.07, 6.45) is 3.80. The van der Waals surface area contributed by atoms with Crippen LogP contribution in [0, 0.1) is 25.7 Å². The number of hydrogen-bond acceptors (Lipinski definition) is 6. The first kappa shape index (κ1) is 33.1. The number of aryl methyl sites for hydroxylation is 4. The van der Waals surface area contributed by atoms with Gasteiger partial charge in [-0.2, -0.15) is 0 Å². The van der Waals surface area contributed by atoms with Gasteiger partial charge in [0.25, 0.3) is 0 Å². The highest BCUT2D eigenvalue weighted by atomic mass is 16.5. The molecule has 44 heavy (non-hydrogen) atoms. The van der Waals surface area contributed by atoms with Crippen LogP contribution in [0.5, 0.6) is 34.5 Å². The zero-order chi connectivity index (χ0) is 32.3. The molecule has 4 aromatic rings. The molecule has 0 bridgehead atoms. The number of hydrogen-bond donors (Lipinski definition) is 0.